The zero-order valence-corrected chi connectivity index (χ0v) is 12.7. The Bertz CT molecular complexity index is 550. The number of hydrogen-bond donors (Lipinski definition) is 4. The molecule has 1 saturated carbocycles. The summed E-state index contributed by atoms with van der Waals surface area (Å²) in [5.41, 5.74) is 0. The third kappa shape index (κ3) is 3.35. The molecule has 2 aliphatic carbocycles. The fourth-order valence-corrected chi connectivity index (χ4v) is 3.48. The first kappa shape index (κ1) is 17.0. The van der Waals surface area contributed by atoms with Crippen LogP contribution in [0.1, 0.15) is 19.3 Å². The van der Waals surface area contributed by atoms with Gasteiger partial charge in [0.2, 0.25) is 11.8 Å². The van der Waals surface area contributed by atoms with Crippen LogP contribution in [-0.4, -0.2) is 47.1 Å². The Labute approximate surface area is 132 Å². The van der Waals surface area contributed by atoms with Gasteiger partial charge in [-0.25, -0.2) is 0 Å². The molecule has 2 rings (SSSR count). The summed E-state index contributed by atoms with van der Waals surface area (Å²) < 4.78 is 0. The Morgan fingerprint density at radius 1 is 0.913 bits per heavy atom. The van der Waals surface area contributed by atoms with Crippen molar-refractivity contribution in [3.05, 3.63) is 12.2 Å². The molecule has 0 aromatic carbocycles. The molecule has 8 nitrogen and oxygen atoms in total. The van der Waals surface area contributed by atoms with Crippen molar-refractivity contribution in [2.75, 3.05) is 7.05 Å². The van der Waals surface area contributed by atoms with Crippen LogP contribution in [0.15, 0.2) is 12.2 Å². The Balaban J connectivity index is 2.26. The zero-order valence-electron chi connectivity index (χ0n) is 12.7. The van der Waals surface area contributed by atoms with Crippen molar-refractivity contribution in [1.82, 2.24) is 10.6 Å². The molecule has 4 N–H and O–H groups in total. The summed E-state index contributed by atoms with van der Waals surface area (Å²) in [5, 5.41) is 23.8. The van der Waals surface area contributed by atoms with E-state index in [0.717, 1.165) is 0 Å². The lowest BCUT2D eigenvalue weighted by Crippen LogP contribution is -2.45. The third-order valence-corrected chi connectivity index (χ3v) is 4.60. The van der Waals surface area contributed by atoms with E-state index in [9.17, 15) is 29.4 Å². The van der Waals surface area contributed by atoms with Crippen LogP contribution in [0.2, 0.25) is 0 Å². The minimum absolute atomic E-state index is 0.148. The van der Waals surface area contributed by atoms with Crippen molar-refractivity contribution in [2.45, 2.75) is 25.3 Å². The average molecular weight is 324 g/mol. The van der Waals surface area contributed by atoms with Gasteiger partial charge in [-0.2, -0.15) is 0 Å². The summed E-state index contributed by atoms with van der Waals surface area (Å²) in [6, 6.07) is -0.148. The van der Waals surface area contributed by atoms with Gasteiger partial charge >= 0.3 is 11.9 Å². The molecule has 0 radical (unpaired) electrons. The quantitative estimate of drug-likeness (QED) is 0.509. The lowest BCUT2D eigenvalue weighted by Gasteiger charge is -2.23. The predicted octanol–water partition coefficient (Wildman–Crippen LogP) is -0.395. The molecule has 126 valence electrons. The molecule has 1 fully saturated rings. The number of hydrogen-bond acceptors (Lipinski definition) is 4. The van der Waals surface area contributed by atoms with Gasteiger partial charge in [-0.1, -0.05) is 12.2 Å². The zero-order chi connectivity index (χ0) is 17.1. The number of carbonyl (C=O) groups is 4. The van der Waals surface area contributed by atoms with Crippen molar-refractivity contribution in [2.24, 2.45) is 23.7 Å². The maximum absolute atomic E-state index is 12.5. The Hall–Kier alpha value is -2.38. The Kier molecular flexibility index (Phi) is 5.02. The van der Waals surface area contributed by atoms with Crippen molar-refractivity contribution < 1.29 is 29.4 Å². The monoisotopic (exact) mass is 324 g/mol. The molecule has 2 aliphatic rings. The highest BCUT2D eigenvalue weighted by atomic mass is 16.4. The van der Waals surface area contributed by atoms with Crippen LogP contribution in [-0.2, 0) is 19.2 Å². The van der Waals surface area contributed by atoms with Gasteiger partial charge in [0.15, 0.2) is 0 Å². The molecule has 0 aliphatic heterocycles. The van der Waals surface area contributed by atoms with Crippen LogP contribution < -0.4 is 10.6 Å². The normalized spacial score (nSPS) is 30.1. The smallest absolute Gasteiger partial charge is 0.308 e. The van der Waals surface area contributed by atoms with Crippen LogP contribution >= 0.6 is 0 Å². The van der Waals surface area contributed by atoms with E-state index in [4.69, 9.17) is 0 Å². The van der Waals surface area contributed by atoms with Crippen LogP contribution in [0, 0.1) is 23.7 Å². The minimum Gasteiger partial charge on any atom is -0.481 e. The molecule has 0 aromatic heterocycles. The van der Waals surface area contributed by atoms with Crippen LogP contribution in [0.25, 0.3) is 0 Å². The molecule has 8 heteroatoms. The highest BCUT2D eigenvalue weighted by molar-refractivity contribution is 5.94. The van der Waals surface area contributed by atoms with Crippen molar-refractivity contribution >= 4 is 23.8 Å². The summed E-state index contributed by atoms with van der Waals surface area (Å²) in [6.07, 6.45) is 4.90. The topological polar surface area (TPSA) is 133 Å². The van der Waals surface area contributed by atoms with Gasteiger partial charge < -0.3 is 20.8 Å². The van der Waals surface area contributed by atoms with Gasteiger partial charge in [0.1, 0.15) is 0 Å². The molecule has 2 amide bonds. The molecule has 0 aromatic rings. The Morgan fingerprint density at radius 3 is 2.00 bits per heavy atom. The van der Waals surface area contributed by atoms with E-state index in [0.29, 0.717) is 12.8 Å². The Morgan fingerprint density at radius 2 is 1.52 bits per heavy atom. The number of carbonyl (C=O) groups excluding carboxylic acids is 2. The molecule has 0 bridgehead atoms. The SMILES string of the molecule is CNC(=O)C1CC(C(=O)O)C(C(=O)NC2CC=CC2)C1C(=O)O. The first-order valence-electron chi connectivity index (χ1n) is 7.49. The van der Waals surface area contributed by atoms with E-state index in [1.54, 1.807) is 0 Å². The largest absolute Gasteiger partial charge is 0.481 e. The van der Waals surface area contributed by atoms with Crippen molar-refractivity contribution in [1.29, 1.82) is 0 Å². The summed E-state index contributed by atoms with van der Waals surface area (Å²) in [7, 11) is 1.36. The second kappa shape index (κ2) is 6.80. The first-order chi connectivity index (χ1) is 10.9. The number of aliphatic carboxylic acids is 2. The fraction of sp³-hybridized carbons (Fsp3) is 0.600. The number of carboxylic acids is 2. The molecule has 23 heavy (non-hydrogen) atoms. The summed E-state index contributed by atoms with van der Waals surface area (Å²) in [5.74, 6) is -8.56. The van der Waals surface area contributed by atoms with Gasteiger partial charge in [-0.05, 0) is 19.3 Å². The molecule has 0 heterocycles. The van der Waals surface area contributed by atoms with E-state index in [-0.39, 0.29) is 12.5 Å². The molecular weight excluding hydrogens is 304 g/mol. The number of carboxylic acid groups (broad SMARTS) is 2. The first-order valence-corrected chi connectivity index (χ1v) is 7.49. The third-order valence-electron chi connectivity index (χ3n) is 4.60. The highest BCUT2D eigenvalue weighted by Gasteiger charge is 2.55. The fourth-order valence-electron chi connectivity index (χ4n) is 3.48. The maximum Gasteiger partial charge on any atom is 0.308 e. The standard InChI is InChI=1S/C15H20N2O6/c1-16-12(18)8-6-9(14(20)21)10(11(8)15(22)23)13(19)17-7-4-2-3-5-7/h2-3,7-11H,4-6H2,1H3,(H,16,18)(H,17,19)(H,20,21)(H,22,23). The van der Waals surface area contributed by atoms with Gasteiger partial charge in [0.25, 0.3) is 0 Å². The molecule has 4 atom stereocenters. The average Bonchev–Trinajstić information content (AvgIpc) is 3.12. The number of nitrogens with one attached hydrogen (secondary N) is 2. The van der Waals surface area contributed by atoms with E-state index in [1.807, 2.05) is 12.2 Å². The lowest BCUT2D eigenvalue weighted by atomic mass is 9.85. The van der Waals surface area contributed by atoms with Crippen LogP contribution in [0.5, 0.6) is 0 Å². The molecule has 0 saturated heterocycles. The van der Waals surface area contributed by atoms with Gasteiger partial charge in [0.05, 0.1) is 23.7 Å². The van der Waals surface area contributed by atoms with Gasteiger partial charge in [0, 0.05) is 13.1 Å². The van der Waals surface area contributed by atoms with Gasteiger partial charge in [-0.15, -0.1) is 0 Å². The maximum atomic E-state index is 12.5. The molecule has 4 unspecified atom stereocenters. The second-order valence-corrected chi connectivity index (χ2v) is 5.94. The highest BCUT2D eigenvalue weighted by Crippen LogP contribution is 2.42. The number of amides is 2. The second-order valence-electron chi connectivity index (χ2n) is 5.94. The summed E-state index contributed by atoms with van der Waals surface area (Å²) >= 11 is 0. The summed E-state index contributed by atoms with van der Waals surface area (Å²) in [4.78, 5) is 47.4. The van der Waals surface area contributed by atoms with Crippen molar-refractivity contribution in [3.8, 4) is 0 Å². The van der Waals surface area contributed by atoms with E-state index < -0.39 is 47.4 Å². The lowest BCUT2D eigenvalue weighted by molar-refractivity contribution is -0.153. The van der Waals surface area contributed by atoms with Gasteiger partial charge in [-0.3, -0.25) is 19.2 Å². The van der Waals surface area contributed by atoms with Crippen LogP contribution in [0.4, 0.5) is 0 Å². The van der Waals surface area contributed by atoms with E-state index >= 15 is 0 Å². The molecule has 0 spiro atoms. The minimum atomic E-state index is -1.34. The summed E-state index contributed by atoms with van der Waals surface area (Å²) in [6.45, 7) is 0. The number of rotatable bonds is 5. The van der Waals surface area contributed by atoms with Crippen molar-refractivity contribution in [3.63, 3.8) is 0 Å². The van der Waals surface area contributed by atoms with E-state index in [1.165, 1.54) is 7.05 Å². The predicted molar refractivity (Wildman–Crippen MR) is 78.2 cm³/mol. The van der Waals surface area contributed by atoms with E-state index in [2.05, 4.69) is 10.6 Å². The van der Waals surface area contributed by atoms with Crippen LogP contribution in [0.3, 0.4) is 0 Å². The molecular formula is C15H20N2O6.